The van der Waals surface area contributed by atoms with Crippen molar-refractivity contribution in [3.8, 4) is 5.75 Å². The van der Waals surface area contributed by atoms with Gasteiger partial charge in [-0.2, -0.15) is 0 Å². The Morgan fingerprint density at radius 1 is 1.21 bits per heavy atom. The molecule has 0 unspecified atom stereocenters. The van der Waals surface area contributed by atoms with E-state index in [0.29, 0.717) is 0 Å². The van der Waals surface area contributed by atoms with Crippen molar-refractivity contribution < 1.29 is 9.53 Å². The van der Waals surface area contributed by atoms with Crippen LogP contribution >= 0.6 is 0 Å². The molecule has 1 aliphatic heterocycles. The number of carbonyl (C=O) groups excluding carboxylic acids is 1. The molecule has 2 rings (SSSR count). The number of ether oxygens (including phenoxy) is 1. The predicted molar refractivity (Wildman–Crippen MR) is 98.5 cm³/mol. The van der Waals surface area contributed by atoms with Crippen LogP contribution in [-0.4, -0.2) is 44.1 Å². The van der Waals surface area contributed by atoms with Crippen LogP contribution in [0.2, 0.25) is 0 Å². The van der Waals surface area contributed by atoms with Gasteiger partial charge in [-0.05, 0) is 61.9 Å². The van der Waals surface area contributed by atoms with Crippen LogP contribution in [0, 0.1) is 5.92 Å². The lowest BCUT2D eigenvalue weighted by molar-refractivity contribution is -0.134. The van der Waals surface area contributed by atoms with Crippen LogP contribution in [0.1, 0.15) is 45.6 Å². The second-order valence-corrected chi connectivity index (χ2v) is 7.78. The zero-order valence-electron chi connectivity index (χ0n) is 15.6. The van der Waals surface area contributed by atoms with Gasteiger partial charge in [-0.25, -0.2) is 0 Å². The molecule has 0 bridgehead atoms. The first kappa shape index (κ1) is 18.8. The number of rotatable bonds is 6. The van der Waals surface area contributed by atoms with Crippen molar-refractivity contribution in [3.05, 3.63) is 29.8 Å². The normalized spacial score (nSPS) is 16.2. The molecule has 1 heterocycles. The van der Waals surface area contributed by atoms with E-state index >= 15 is 0 Å². The molecule has 24 heavy (non-hydrogen) atoms. The Balaban J connectivity index is 1.75. The smallest absolute Gasteiger partial charge is 0.260 e. The highest BCUT2D eigenvalue weighted by molar-refractivity contribution is 5.77. The Kier molecular flexibility index (Phi) is 6.67. The third-order valence-corrected chi connectivity index (χ3v) is 4.85. The molecule has 1 aromatic carbocycles. The van der Waals surface area contributed by atoms with Crippen LogP contribution in [0.5, 0.6) is 5.75 Å². The topological polar surface area (TPSA) is 41.6 Å². The highest BCUT2D eigenvalue weighted by Crippen LogP contribution is 2.24. The molecule has 0 saturated carbocycles. The van der Waals surface area contributed by atoms with Gasteiger partial charge < -0.3 is 15.0 Å². The van der Waals surface area contributed by atoms with Gasteiger partial charge >= 0.3 is 0 Å². The maximum atomic E-state index is 12.3. The van der Waals surface area contributed by atoms with Crippen LogP contribution < -0.4 is 10.1 Å². The third-order valence-electron chi connectivity index (χ3n) is 4.85. The van der Waals surface area contributed by atoms with Crippen molar-refractivity contribution in [2.45, 2.75) is 45.4 Å². The molecule has 0 radical (unpaired) electrons. The minimum Gasteiger partial charge on any atom is -0.484 e. The summed E-state index contributed by atoms with van der Waals surface area (Å²) in [5.41, 5.74) is 1.40. The first-order valence-corrected chi connectivity index (χ1v) is 9.06. The average Bonchev–Trinajstić information content (AvgIpc) is 2.58. The number of piperidine rings is 1. The van der Waals surface area contributed by atoms with E-state index in [9.17, 15) is 4.79 Å². The van der Waals surface area contributed by atoms with Crippen molar-refractivity contribution in [1.29, 1.82) is 0 Å². The number of hydrogen-bond donors (Lipinski definition) is 1. The Morgan fingerprint density at radius 3 is 2.38 bits per heavy atom. The average molecular weight is 332 g/mol. The molecule has 0 spiro atoms. The molecule has 1 aliphatic rings. The summed E-state index contributed by atoms with van der Waals surface area (Å²) < 4.78 is 5.68. The summed E-state index contributed by atoms with van der Waals surface area (Å²) in [6, 6.07) is 8.07. The van der Waals surface area contributed by atoms with Gasteiger partial charge in [-0.3, -0.25) is 4.79 Å². The molecular weight excluding hydrogens is 300 g/mol. The molecule has 1 aromatic rings. The Labute approximate surface area is 146 Å². The highest BCUT2D eigenvalue weighted by Gasteiger charge is 2.22. The van der Waals surface area contributed by atoms with Crippen molar-refractivity contribution in [2.75, 3.05) is 33.3 Å². The fraction of sp³-hybridized carbons (Fsp3) is 0.650. The minimum atomic E-state index is 0.0990. The molecule has 0 aromatic heterocycles. The largest absolute Gasteiger partial charge is 0.484 e. The molecular formula is C20H32N2O2. The molecule has 1 N–H and O–H groups in total. The van der Waals surface area contributed by atoms with Crippen LogP contribution in [0.25, 0.3) is 0 Å². The number of benzene rings is 1. The lowest BCUT2D eigenvalue weighted by Crippen LogP contribution is -2.41. The molecule has 134 valence electrons. The van der Waals surface area contributed by atoms with Gasteiger partial charge in [0.1, 0.15) is 5.75 Å². The third kappa shape index (κ3) is 5.52. The monoisotopic (exact) mass is 332 g/mol. The zero-order valence-corrected chi connectivity index (χ0v) is 15.6. The van der Waals surface area contributed by atoms with Gasteiger partial charge in [-0.1, -0.05) is 32.9 Å². The van der Waals surface area contributed by atoms with E-state index in [1.54, 1.807) is 0 Å². The molecule has 0 aliphatic carbocycles. The number of nitrogens with one attached hydrogen (secondary N) is 1. The summed E-state index contributed by atoms with van der Waals surface area (Å²) >= 11 is 0. The van der Waals surface area contributed by atoms with E-state index in [-0.39, 0.29) is 17.9 Å². The van der Waals surface area contributed by atoms with Crippen LogP contribution in [0.4, 0.5) is 0 Å². The summed E-state index contributed by atoms with van der Waals surface area (Å²) in [4.78, 5) is 14.3. The van der Waals surface area contributed by atoms with Crippen molar-refractivity contribution in [3.63, 3.8) is 0 Å². The van der Waals surface area contributed by atoms with Crippen LogP contribution in [0.15, 0.2) is 24.3 Å². The van der Waals surface area contributed by atoms with Crippen molar-refractivity contribution in [2.24, 2.45) is 5.92 Å². The SMILES string of the molecule is CNCCC1CCN(C(=O)COc2ccc(C(C)(C)C)cc2)CC1. The van der Waals surface area contributed by atoms with E-state index in [1.807, 2.05) is 24.1 Å². The predicted octanol–water partition coefficient (Wildman–Crippen LogP) is 3.21. The van der Waals surface area contributed by atoms with E-state index in [2.05, 4.69) is 38.2 Å². The number of hydrogen-bond acceptors (Lipinski definition) is 3. The summed E-state index contributed by atoms with van der Waals surface area (Å²) in [7, 11) is 1.99. The number of amides is 1. The Bertz CT molecular complexity index is 511. The first-order valence-electron chi connectivity index (χ1n) is 9.06. The van der Waals surface area contributed by atoms with Gasteiger partial charge in [0.05, 0.1) is 0 Å². The molecule has 1 saturated heterocycles. The minimum absolute atomic E-state index is 0.0990. The van der Waals surface area contributed by atoms with E-state index in [0.717, 1.165) is 44.1 Å². The van der Waals surface area contributed by atoms with E-state index < -0.39 is 0 Å². The summed E-state index contributed by atoms with van der Waals surface area (Å²) in [5, 5.41) is 3.20. The van der Waals surface area contributed by atoms with Crippen molar-refractivity contribution in [1.82, 2.24) is 10.2 Å². The van der Waals surface area contributed by atoms with Gasteiger partial charge in [-0.15, -0.1) is 0 Å². The Hall–Kier alpha value is -1.55. The fourth-order valence-corrected chi connectivity index (χ4v) is 3.11. The second-order valence-electron chi connectivity index (χ2n) is 7.78. The van der Waals surface area contributed by atoms with E-state index in [1.165, 1.54) is 12.0 Å². The fourth-order valence-electron chi connectivity index (χ4n) is 3.11. The summed E-state index contributed by atoms with van der Waals surface area (Å²) in [6.07, 6.45) is 3.41. The standard InChI is InChI=1S/C20H32N2O2/c1-20(2,3)17-5-7-18(8-6-17)24-15-19(23)22-13-10-16(11-14-22)9-12-21-4/h5-8,16,21H,9-15H2,1-4H3. The molecule has 4 heteroatoms. The van der Waals surface area contributed by atoms with Gasteiger partial charge in [0, 0.05) is 13.1 Å². The maximum Gasteiger partial charge on any atom is 0.260 e. The van der Waals surface area contributed by atoms with Crippen LogP contribution in [0.3, 0.4) is 0 Å². The summed E-state index contributed by atoms with van der Waals surface area (Å²) in [5.74, 6) is 1.61. The first-order chi connectivity index (χ1) is 11.4. The zero-order chi connectivity index (χ0) is 17.6. The quantitative estimate of drug-likeness (QED) is 0.870. The second kappa shape index (κ2) is 8.52. The lowest BCUT2D eigenvalue weighted by Gasteiger charge is -2.32. The number of carbonyl (C=O) groups is 1. The molecule has 0 atom stereocenters. The maximum absolute atomic E-state index is 12.3. The molecule has 1 fully saturated rings. The van der Waals surface area contributed by atoms with E-state index in [4.69, 9.17) is 4.74 Å². The number of nitrogens with zero attached hydrogens (tertiary/aromatic N) is 1. The molecule has 1 amide bonds. The Morgan fingerprint density at radius 2 is 1.83 bits per heavy atom. The number of likely N-dealkylation sites (tertiary alicyclic amines) is 1. The van der Waals surface area contributed by atoms with Crippen LogP contribution in [-0.2, 0) is 10.2 Å². The summed E-state index contributed by atoms with van der Waals surface area (Å²) in [6.45, 7) is 9.48. The van der Waals surface area contributed by atoms with Crippen molar-refractivity contribution >= 4 is 5.91 Å². The molecule has 4 nitrogen and oxygen atoms in total. The highest BCUT2D eigenvalue weighted by atomic mass is 16.5. The van der Waals surface area contributed by atoms with Gasteiger partial charge in [0.2, 0.25) is 0 Å². The van der Waals surface area contributed by atoms with Gasteiger partial charge in [0.15, 0.2) is 6.61 Å². The lowest BCUT2D eigenvalue weighted by atomic mass is 9.87. The van der Waals surface area contributed by atoms with Gasteiger partial charge in [0.25, 0.3) is 5.91 Å².